The van der Waals surface area contributed by atoms with Crippen molar-refractivity contribution < 1.29 is 0 Å². The molecule has 2 rings (SSSR count). The van der Waals surface area contributed by atoms with Crippen LogP contribution in [0.4, 0.5) is 5.95 Å². The summed E-state index contributed by atoms with van der Waals surface area (Å²) in [7, 11) is 0. The molecule has 3 nitrogen and oxygen atoms in total. The number of nitrogens with zero attached hydrogens (tertiary/aromatic N) is 2. The molecule has 1 aromatic carbocycles. The summed E-state index contributed by atoms with van der Waals surface area (Å²) in [6.45, 7) is 7.37. The van der Waals surface area contributed by atoms with Crippen LogP contribution in [0.3, 0.4) is 0 Å². The maximum absolute atomic E-state index is 4.58. The summed E-state index contributed by atoms with van der Waals surface area (Å²) in [5.74, 6) is 0.947. The fourth-order valence-corrected chi connectivity index (χ4v) is 2.27. The van der Waals surface area contributed by atoms with Gasteiger partial charge >= 0.3 is 0 Å². The standard InChI is InChI=1S/C16H23N3/c1-4-8-14-9-6-7-10-15(14)19-12-13(3)18-16(19)17-11-5-2/h6-7,9-10,12H,4-5,8,11H2,1-3H3,(H,17,18). The van der Waals surface area contributed by atoms with Gasteiger partial charge in [-0.1, -0.05) is 38.5 Å². The average molecular weight is 257 g/mol. The maximum atomic E-state index is 4.58. The van der Waals surface area contributed by atoms with E-state index >= 15 is 0 Å². The van der Waals surface area contributed by atoms with Gasteiger partial charge in [-0.2, -0.15) is 0 Å². The normalized spacial score (nSPS) is 10.7. The Morgan fingerprint density at radius 3 is 2.68 bits per heavy atom. The van der Waals surface area contributed by atoms with Gasteiger partial charge in [0.25, 0.3) is 0 Å². The van der Waals surface area contributed by atoms with Crippen molar-refractivity contribution in [1.29, 1.82) is 0 Å². The van der Waals surface area contributed by atoms with Crippen LogP contribution in [0, 0.1) is 6.92 Å². The second kappa shape index (κ2) is 6.41. The van der Waals surface area contributed by atoms with Gasteiger partial charge in [-0.05, 0) is 31.4 Å². The molecule has 3 heteroatoms. The Kier molecular flexibility index (Phi) is 4.61. The minimum Gasteiger partial charge on any atom is -0.355 e. The highest BCUT2D eigenvalue weighted by atomic mass is 15.2. The molecule has 0 atom stereocenters. The monoisotopic (exact) mass is 257 g/mol. The number of aromatic nitrogens is 2. The zero-order chi connectivity index (χ0) is 13.7. The molecule has 2 aromatic rings. The van der Waals surface area contributed by atoms with Gasteiger partial charge in [-0.3, -0.25) is 4.57 Å². The van der Waals surface area contributed by atoms with Gasteiger partial charge < -0.3 is 5.32 Å². The van der Waals surface area contributed by atoms with E-state index < -0.39 is 0 Å². The van der Waals surface area contributed by atoms with Crippen LogP contribution in [0.1, 0.15) is 37.9 Å². The highest BCUT2D eigenvalue weighted by Gasteiger charge is 2.09. The van der Waals surface area contributed by atoms with E-state index in [-0.39, 0.29) is 0 Å². The number of hydrogen-bond donors (Lipinski definition) is 1. The summed E-state index contributed by atoms with van der Waals surface area (Å²) in [6, 6.07) is 8.58. The number of para-hydroxylation sites is 1. The second-order valence-electron chi connectivity index (χ2n) is 4.88. The molecule has 0 aliphatic heterocycles. The molecule has 0 saturated heterocycles. The Morgan fingerprint density at radius 1 is 1.16 bits per heavy atom. The van der Waals surface area contributed by atoms with Crippen LogP contribution < -0.4 is 5.32 Å². The molecule has 19 heavy (non-hydrogen) atoms. The first-order valence-electron chi connectivity index (χ1n) is 7.14. The Morgan fingerprint density at radius 2 is 1.95 bits per heavy atom. The predicted octanol–water partition coefficient (Wildman–Crippen LogP) is 3.96. The lowest BCUT2D eigenvalue weighted by Crippen LogP contribution is -2.08. The molecule has 102 valence electrons. The minimum absolute atomic E-state index is 0.947. The van der Waals surface area contributed by atoms with Crippen LogP contribution >= 0.6 is 0 Å². The molecule has 1 aromatic heterocycles. The summed E-state index contributed by atoms with van der Waals surface area (Å²) < 4.78 is 2.18. The highest BCUT2D eigenvalue weighted by molar-refractivity contribution is 5.48. The van der Waals surface area contributed by atoms with Crippen LogP contribution in [0.25, 0.3) is 5.69 Å². The maximum Gasteiger partial charge on any atom is 0.207 e. The molecule has 0 saturated carbocycles. The molecule has 0 amide bonds. The first-order valence-corrected chi connectivity index (χ1v) is 7.14. The Hall–Kier alpha value is -1.77. The number of aryl methyl sites for hydroxylation is 2. The SMILES string of the molecule is CCCNc1nc(C)cn1-c1ccccc1CCC. The van der Waals surface area contributed by atoms with Gasteiger partial charge in [-0.25, -0.2) is 4.98 Å². The molecule has 0 unspecified atom stereocenters. The minimum atomic E-state index is 0.947. The molecule has 0 radical (unpaired) electrons. The number of benzene rings is 1. The molecule has 0 aliphatic carbocycles. The zero-order valence-corrected chi connectivity index (χ0v) is 12.1. The molecule has 1 heterocycles. The van der Waals surface area contributed by atoms with Crippen LogP contribution in [0.5, 0.6) is 0 Å². The van der Waals surface area contributed by atoms with Crippen LogP contribution in [0.15, 0.2) is 30.5 Å². The van der Waals surface area contributed by atoms with Crippen LogP contribution in [0.2, 0.25) is 0 Å². The van der Waals surface area contributed by atoms with Crippen molar-refractivity contribution in [2.45, 2.75) is 40.0 Å². The third-order valence-electron chi connectivity index (χ3n) is 3.13. The quantitative estimate of drug-likeness (QED) is 0.849. The van der Waals surface area contributed by atoms with Crippen LogP contribution in [-0.2, 0) is 6.42 Å². The third kappa shape index (κ3) is 3.16. The fourth-order valence-electron chi connectivity index (χ4n) is 2.27. The smallest absolute Gasteiger partial charge is 0.207 e. The van der Waals surface area contributed by atoms with Crippen molar-refractivity contribution in [1.82, 2.24) is 9.55 Å². The molecule has 0 bridgehead atoms. The van der Waals surface area contributed by atoms with Crippen molar-refractivity contribution in [2.75, 3.05) is 11.9 Å². The number of rotatable bonds is 6. The Labute approximate surface area is 115 Å². The summed E-state index contributed by atoms with van der Waals surface area (Å²) in [4.78, 5) is 4.58. The van der Waals surface area contributed by atoms with Crippen LogP contribution in [-0.4, -0.2) is 16.1 Å². The van der Waals surface area contributed by atoms with Crippen molar-refractivity contribution >= 4 is 5.95 Å². The lowest BCUT2D eigenvalue weighted by atomic mass is 10.1. The fraction of sp³-hybridized carbons (Fsp3) is 0.438. The van der Waals surface area contributed by atoms with Crippen molar-refractivity contribution in [3.63, 3.8) is 0 Å². The Balaban J connectivity index is 2.40. The van der Waals surface area contributed by atoms with Gasteiger partial charge in [0, 0.05) is 12.7 Å². The molecular weight excluding hydrogens is 234 g/mol. The van der Waals surface area contributed by atoms with E-state index in [0.29, 0.717) is 0 Å². The zero-order valence-electron chi connectivity index (χ0n) is 12.1. The van der Waals surface area contributed by atoms with Gasteiger partial charge in [0.2, 0.25) is 5.95 Å². The summed E-state index contributed by atoms with van der Waals surface area (Å²) in [6.07, 6.45) is 5.46. The van der Waals surface area contributed by atoms with E-state index in [1.165, 1.54) is 11.3 Å². The number of nitrogens with one attached hydrogen (secondary N) is 1. The van der Waals surface area contributed by atoms with Gasteiger partial charge in [-0.15, -0.1) is 0 Å². The van der Waals surface area contributed by atoms with E-state index in [0.717, 1.165) is 37.4 Å². The average Bonchev–Trinajstić information content (AvgIpc) is 2.78. The summed E-state index contributed by atoms with van der Waals surface area (Å²) in [5.41, 5.74) is 3.66. The molecular formula is C16H23N3. The molecule has 0 spiro atoms. The van der Waals surface area contributed by atoms with E-state index in [9.17, 15) is 0 Å². The van der Waals surface area contributed by atoms with E-state index in [1.807, 2.05) is 6.92 Å². The van der Waals surface area contributed by atoms with Crippen molar-refractivity contribution in [2.24, 2.45) is 0 Å². The lowest BCUT2D eigenvalue weighted by molar-refractivity contribution is 0.890. The first-order chi connectivity index (χ1) is 9.26. The predicted molar refractivity (Wildman–Crippen MR) is 81.1 cm³/mol. The number of hydrogen-bond acceptors (Lipinski definition) is 2. The van der Waals surface area contributed by atoms with E-state index in [1.54, 1.807) is 0 Å². The van der Waals surface area contributed by atoms with Gasteiger partial charge in [0.1, 0.15) is 0 Å². The van der Waals surface area contributed by atoms with Gasteiger partial charge in [0.05, 0.1) is 11.4 Å². The lowest BCUT2D eigenvalue weighted by Gasteiger charge is -2.13. The Bertz CT molecular complexity index is 529. The van der Waals surface area contributed by atoms with Gasteiger partial charge in [0.15, 0.2) is 0 Å². The molecule has 1 N–H and O–H groups in total. The van der Waals surface area contributed by atoms with E-state index in [2.05, 4.69) is 59.2 Å². The summed E-state index contributed by atoms with van der Waals surface area (Å²) >= 11 is 0. The topological polar surface area (TPSA) is 29.9 Å². The van der Waals surface area contributed by atoms with Crippen molar-refractivity contribution in [3.8, 4) is 5.69 Å². The highest BCUT2D eigenvalue weighted by Crippen LogP contribution is 2.21. The molecule has 0 aliphatic rings. The number of imidazole rings is 1. The van der Waals surface area contributed by atoms with Crippen molar-refractivity contribution in [3.05, 3.63) is 41.7 Å². The largest absolute Gasteiger partial charge is 0.355 e. The third-order valence-corrected chi connectivity index (χ3v) is 3.13. The molecule has 0 fully saturated rings. The second-order valence-corrected chi connectivity index (χ2v) is 4.88. The first kappa shape index (κ1) is 13.7. The van der Waals surface area contributed by atoms with E-state index in [4.69, 9.17) is 0 Å². The number of anilines is 1. The summed E-state index contributed by atoms with van der Waals surface area (Å²) in [5, 5.41) is 3.40.